The summed E-state index contributed by atoms with van der Waals surface area (Å²) in [5.74, 6) is -0.580. The van der Waals surface area contributed by atoms with E-state index in [1.54, 1.807) is 28.9 Å². The molecule has 2 aromatic carbocycles. The number of nitrogens with zero attached hydrogens (tertiary/aromatic N) is 3. The van der Waals surface area contributed by atoms with Crippen molar-refractivity contribution in [1.29, 1.82) is 0 Å². The quantitative estimate of drug-likeness (QED) is 0.409. The maximum absolute atomic E-state index is 13.4. The van der Waals surface area contributed by atoms with Crippen molar-refractivity contribution in [1.82, 2.24) is 14.3 Å². The molecule has 0 atom stereocenters. The first kappa shape index (κ1) is 23.4. The summed E-state index contributed by atoms with van der Waals surface area (Å²) in [7, 11) is 0. The molecule has 0 spiro atoms. The number of benzene rings is 2. The molecule has 1 aliphatic rings. The van der Waals surface area contributed by atoms with Crippen molar-refractivity contribution < 1.29 is 14.3 Å². The van der Waals surface area contributed by atoms with Crippen LogP contribution in [0, 0.1) is 0 Å². The fourth-order valence-electron chi connectivity index (χ4n) is 4.29. The highest BCUT2D eigenvalue weighted by atomic mass is 35.5. The molecule has 10 heteroatoms. The standard InChI is InChI=1S/C26H22ClN5O4/c27-22-20(13-14-29-23(22)24(28)33)36-18-11-9-16(10-12-18)30-25(34)21-19-8-4-5-15-31(19)32(26(21)35)17-6-2-1-3-7-17/h1-3,6-7,9-14H,4-5,8,15H2,(H2,28,33)(H,30,34). The molecule has 0 fully saturated rings. The normalized spacial score (nSPS) is 12.6. The third-order valence-corrected chi connectivity index (χ3v) is 6.30. The summed E-state index contributed by atoms with van der Waals surface area (Å²) >= 11 is 6.16. The second-order valence-electron chi connectivity index (χ2n) is 8.27. The van der Waals surface area contributed by atoms with Crippen LogP contribution in [0.1, 0.15) is 39.4 Å². The molecule has 0 unspecified atom stereocenters. The van der Waals surface area contributed by atoms with Gasteiger partial charge in [0.2, 0.25) is 0 Å². The van der Waals surface area contributed by atoms with E-state index in [1.165, 1.54) is 12.3 Å². The zero-order chi connectivity index (χ0) is 25.2. The molecule has 3 heterocycles. The van der Waals surface area contributed by atoms with Gasteiger partial charge < -0.3 is 15.8 Å². The number of aromatic nitrogens is 3. The first-order chi connectivity index (χ1) is 17.4. The molecule has 3 N–H and O–H groups in total. The number of nitrogens with two attached hydrogens (primary N) is 1. The lowest BCUT2D eigenvalue weighted by molar-refractivity contribution is 0.0993. The van der Waals surface area contributed by atoms with Gasteiger partial charge in [0, 0.05) is 24.5 Å². The lowest BCUT2D eigenvalue weighted by Gasteiger charge is -2.19. The number of hydrogen-bond donors (Lipinski definition) is 2. The topological polar surface area (TPSA) is 121 Å². The van der Waals surface area contributed by atoms with Gasteiger partial charge in [-0.05, 0) is 55.7 Å². The van der Waals surface area contributed by atoms with Gasteiger partial charge in [-0.2, -0.15) is 0 Å². The number of fused-ring (bicyclic) bond motifs is 1. The van der Waals surface area contributed by atoms with Crippen LogP contribution in [0.2, 0.25) is 5.02 Å². The number of amides is 2. The van der Waals surface area contributed by atoms with E-state index >= 15 is 0 Å². The van der Waals surface area contributed by atoms with Gasteiger partial charge in [-0.25, -0.2) is 9.67 Å². The van der Waals surface area contributed by atoms with Gasteiger partial charge in [-0.3, -0.25) is 19.1 Å². The van der Waals surface area contributed by atoms with Gasteiger partial charge >= 0.3 is 0 Å². The monoisotopic (exact) mass is 503 g/mol. The zero-order valence-electron chi connectivity index (χ0n) is 19.1. The Morgan fingerprint density at radius 1 is 1.03 bits per heavy atom. The van der Waals surface area contributed by atoms with Gasteiger partial charge in [-0.1, -0.05) is 29.8 Å². The van der Waals surface area contributed by atoms with Crippen molar-refractivity contribution in [2.45, 2.75) is 25.8 Å². The third-order valence-electron chi connectivity index (χ3n) is 5.94. The largest absolute Gasteiger partial charge is 0.456 e. The SMILES string of the molecule is NC(=O)c1nccc(Oc2ccc(NC(=O)c3c4n(n(-c5ccccc5)c3=O)CCCC4)cc2)c1Cl. The van der Waals surface area contributed by atoms with E-state index < -0.39 is 11.8 Å². The Hall–Kier alpha value is -4.37. The van der Waals surface area contributed by atoms with Crippen molar-refractivity contribution in [3.05, 3.63) is 99.2 Å². The zero-order valence-corrected chi connectivity index (χ0v) is 19.9. The average Bonchev–Trinajstić information content (AvgIpc) is 3.18. The van der Waals surface area contributed by atoms with Crippen molar-refractivity contribution in [3.8, 4) is 17.2 Å². The molecule has 0 aliphatic carbocycles. The Morgan fingerprint density at radius 2 is 1.78 bits per heavy atom. The van der Waals surface area contributed by atoms with Crippen LogP contribution >= 0.6 is 11.6 Å². The van der Waals surface area contributed by atoms with Crippen molar-refractivity contribution in [3.63, 3.8) is 0 Å². The van der Waals surface area contributed by atoms with Crippen LogP contribution in [-0.2, 0) is 13.0 Å². The summed E-state index contributed by atoms with van der Waals surface area (Å²) < 4.78 is 9.23. The first-order valence-electron chi connectivity index (χ1n) is 11.4. The van der Waals surface area contributed by atoms with Crippen LogP contribution < -0.4 is 21.3 Å². The molecule has 182 valence electrons. The summed E-state index contributed by atoms with van der Waals surface area (Å²) in [6.07, 6.45) is 3.89. The van der Waals surface area contributed by atoms with Crippen LogP contribution in [0.3, 0.4) is 0 Å². The maximum Gasteiger partial charge on any atom is 0.284 e. The van der Waals surface area contributed by atoms with E-state index in [9.17, 15) is 14.4 Å². The summed E-state index contributed by atoms with van der Waals surface area (Å²) in [6.45, 7) is 0.674. The molecule has 4 aromatic rings. The van der Waals surface area contributed by atoms with Crippen LogP contribution in [0.25, 0.3) is 5.69 Å². The minimum atomic E-state index is -0.761. The molecule has 0 bridgehead atoms. The van der Waals surface area contributed by atoms with E-state index in [1.807, 2.05) is 35.0 Å². The lowest BCUT2D eigenvalue weighted by atomic mass is 10.1. The van der Waals surface area contributed by atoms with Crippen LogP contribution in [-0.4, -0.2) is 26.2 Å². The number of nitrogens with one attached hydrogen (secondary N) is 1. The van der Waals surface area contributed by atoms with Gasteiger partial charge in [-0.15, -0.1) is 0 Å². The number of primary amides is 1. The second-order valence-corrected chi connectivity index (χ2v) is 8.65. The van der Waals surface area contributed by atoms with Crippen molar-refractivity contribution in [2.75, 3.05) is 5.32 Å². The molecule has 2 aromatic heterocycles. The number of pyridine rings is 1. The number of carbonyl (C=O) groups is 2. The Bertz CT molecular complexity index is 1510. The molecule has 1 aliphatic heterocycles. The van der Waals surface area contributed by atoms with Gasteiger partial charge in [0.05, 0.1) is 11.4 Å². The third kappa shape index (κ3) is 4.36. The Morgan fingerprint density at radius 3 is 2.50 bits per heavy atom. The number of rotatable bonds is 6. The van der Waals surface area contributed by atoms with E-state index in [-0.39, 0.29) is 27.6 Å². The lowest BCUT2D eigenvalue weighted by Crippen LogP contribution is -2.25. The van der Waals surface area contributed by atoms with E-state index in [0.29, 0.717) is 24.4 Å². The molecular weight excluding hydrogens is 482 g/mol. The fraction of sp³-hybridized carbons (Fsp3) is 0.154. The number of carbonyl (C=O) groups excluding carboxylic acids is 2. The highest BCUT2D eigenvalue weighted by molar-refractivity contribution is 6.34. The van der Waals surface area contributed by atoms with Crippen LogP contribution in [0.5, 0.6) is 11.5 Å². The summed E-state index contributed by atoms with van der Waals surface area (Å²) in [4.78, 5) is 41.9. The number of halogens is 1. The van der Waals surface area contributed by atoms with Gasteiger partial charge in [0.15, 0.2) is 0 Å². The summed E-state index contributed by atoms with van der Waals surface area (Å²) in [5, 5.41) is 2.83. The van der Waals surface area contributed by atoms with Gasteiger partial charge in [0.1, 0.15) is 27.8 Å². The number of anilines is 1. The number of hydrogen-bond acceptors (Lipinski definition) is 5. The minimum Gasteiger partial charge on any atom is -0.456 e. The van der Waals surface area contributed by atoms with Gasteiger partial charge in [0.25, 0.3) is 17.4 Å². The first-order valence-corrected chi connectivity index (χ1v) is 11.8. The van der Waals surface area contributed by atoms with E-state index in [4.69, 9.17) is 22.1 Å². The molecule has 0 saturated carbocycles. The van der Waals surface area contributed by atoms with Crippen LogP contribution in [0.15, 0.2) is 71.7 Å². The molecule has 9 nitrogen and oxygen atoms in total. The Balaban J connectivity index is 1.39. The highest BCUT2D eigenvalue weighted by Gasteiger charge is 2.27. The molecule has 36 heavy (non-hydrogen) atoms. The van der Waals surface area contributed by atoms with E-state index in [2.05, 4.69) is 10.3 Å². The van der Waals surface area contributed by atoms with E-state index in [0.717, 1.165) is 24.2 Å². The average molecular weight is 504 g/mol. The minimum absolute atomic E-state index is 0.00977. The molecule has 5 rings (SSSR count). The smallest absolute Gasteiger partial charge is 0.284 e. The molecule has 0 saturated heterocycles. The Kier molecular flexibility index (Phi) is 6.30. The predicted octanol–water partition coefficient (Wildman–Crippen LogP) is 4.17. The highest BCUT2D eigenvalue weighted by Crippen LogP contribution is 2.31. The fourth-order valence-corrected chi connectivity index (χ4v) is 4.53. The maximum atomic E-state index is 13.4. The number of para-hydroxylation sites is 1. The van der Waals surface area contributed by atoms with Crippen molar-refractivity contribution >= 4 is 29.1 Å². The molecule has 2 amide bonds. The molecule has 0 radical (unpaired) electrons. The predicted molar refractivity (Wildman–Crippen MR) is 135 cm³/mol. The molecular formula is C26H22ClN5O4. The second kappa shape index (κ2) is 9.71. The van der Waals surface area contributed by atoms with Crippen LogP contribution in [0.4, 0.5) is 5.69 Å². The summed E-state index contributed by atoms with van der Waals surface area (Å²) in [6, 6.07) is 17.4. The summed E-state index contributed by atoms with van der Waals surface area (Å²) in [5.41, 5.74) is 6.95. The Labute approximate surface area is 211 Å². The van der Waals surface area contributed by atoms with Crippen molar-refractivity contribution in [2.24, 2.45) is 5.73 Å². The number of ether oxygens (including phenoxy) is 1.